The summed E-state index contributed by atoms with van der Waals surface area (Å²) in [5, 5.41) is 0. The summed E-state index contributed by atoms with van der Waals surface area (Å²) in [4.78, 5) is 29.9. The van der Waals surface area contributed by atoms with Crippen LogP contribution in [0.2, 0.25) is 0 Å². The minimum Gasteiger partial charge on any atom is -0.493 e. The molecule has 2 aliphatic rings. The topological polar surface area (TPSA) is 111 Å². The Morgan fingerprint density at radius 3 is 2.39 bits per heavy atom. The molecule has 2 aliphatic heterocycles. The normalized spacial score (nSPS) is 16.2. The number of rotatable bonds is 3. The molecule has 2 aromatic carbocycles. The number of nitrogens with zero attached hydrogens (tertiary/aromatic N) is 2. The maximum absolute atomic E-state index is 13.8. The van der Waals surface area contributed by atoms with Gasteiger partial charge in [0.05, 0.1) is 12.2 Å². The van der Waals surface area contributed by atoms with E-state index < -0.39 is 29.5 Å². The van der Waals surface area contributed by atoms with Crippen LogP contribution >= 0.6 is 0 Å². The number of fused-ring (bicyclic) bond motifs is 1. The van der Waals surface area contributed by atoms with E-state index in [-0.39, 0.29) is 17.0 Å². The van der Waals surface area contributed by atoms with E-state index >= 15 is 0 Å². The Balaban J connectivity index is 1.50. The van der Waals surface area contributed by atoms with Gasteiger partial charge in [0, 0.05) is 30.6 Å². The predicted molar refractivity (Wildman–Crippen MR) is 115 cm³/mol. The SMILES string of the molecule is NC(N)=NC(=O)c1ccc(C2CCN(C(=O)c3ccc4c(c3)CCO4)CC2)c(C(F)(F)F)c1. The van der Waals surface area contributed by atoms with E-state index in [1.54, 1.807) is 17.0 Å². The number of benzene rings is 2. The van der Waals surface area contributed by atoms with Crippen molar-refractivity contribution in [2.75, 3.05) is 19.7 Å². The fourth-order valence-electron chi connectivity index (χ4n) is 4.37. The third-order valence-electron chi connectivity index (χ3n) is 5.99. The number of alkyl halides is 3. The Labute approximate surface area is 188 Å². The molecule has 4 N–H and O–H groups in total. The molecule has 1 fully saturated rings. The van der Waals surface area contributed by atoms with Gasteiger partial charge in [-0.15, -0.1) is 0 Å². The van der Waals surface area contributed by atoms with E-state index in [1.165, 1.54) is 12.1 Å². The van der Waals surface area contributed by atoms with E-state index in [9.17, 15) is 22.8 Å². The number of likely N-dealkylation sites (tertiary alicyclic amines) is 1. The number of hydrogen-bond donors (Lipinski definition) is 2. The monoisotopic (exact) mass is 460 g/mol. The fraction of sp³-hybridized carbons (Fsp3) is 0.348. The zero-order valence-corrected chi connectivity index (χ0v) is 17.7. The number of guanidine groups is 1. The molecular formula is C23H23F3N4O3. The van der Waals surface area contributed by atoms with Gasteiger partial charge in [-0.3, -0.25) is 9.59 Å². The van der Waals surface area contributed by atoms with Crippen molar-refractivity contribution in [2.45, 2.75) is 31.4 Å². The number of ether oxygens (including phenoxy) is 1. The molecule has 2 amide bonds. The summed E-state index contributed by atoms with van der Waals surface area (Å²) in [6.07, 6.45) is -3.14. The van der Waals surface area contributed by atoms with Crippen molar-refractivity contribution < 1.29 is 27.5 Å². The summed E-state index contributed by atoms with van der Waals surface area (Å²) in [6, 6.07) is 8.71. The van der Waals surface area contributed by atoms with Crippen LogP contribution in [-0.2, 0) is 12.6 Å². The third-order valence-corrected chi connectivity index (χ3v) is 5.99. The Morgan fingerprint density at radius 1 is 1.03 bits per heavy atom. The average Bonchev–Trinajstić information content (AvgIpc) is 3.25. The minimum absolute atomic E-state index is 0.102. The molecular weight excluding hydrogens is 437 g/mol. The summed E-state index contributed by atoms with van der Waals surface area (Å²) in [5.74, 6) is -1.21. The second-order valence-corrected chi connectivity index (χ2v) is 8.13. The molecule has 7 nitrogen and oxygen atoms in total. The first-order chi connectivity index (χ1) is 15.6. The Bertz CT molecular complexity index is 1120. The molecule has 0 aromatic heterocycles. The van der Waals surface area contributed by atoms with E-state index in [1.807, 2.05) is 6.07 Å². The van der Waals surface area contributed by atoms with Crippen molar-refractivity contribution in [1.29, 1.82) is 0 Å². The highest BCUT2D eigenvalue weighted by Crippen LogP contribution is 2.39. The lowest BCUT2D eigenvalue weighted by Crippen LogP contribution is -2.38. The van der Waals surface area contributed by atoms with Crippen LogP contribution in [0.3, 0.4) is 0 Å². The molecule has 0 bridgehead atoms. The van der Waals surface area contributed by atoms with E-state index in [0.717, 1.165) is 23.8 Å². The van der Waals surface area contributed by atoms with Crippen molar-refractivity contribution in [3.63, 3.8) is 0 Å². The van der Waals surface area contributed by atoms with Gasteiger partial charge in [0.1, 0.15) is 5.75 Å². The van der Waals surface area contributed by atoms with Gasteiger partial charge in [-0.25, -0.2) is 0 Å². The Hall–Kier alpha value is -3.56. The number of carbonyl (C=O) groups is 2. The molecule has 0 aliphatic carbocycles. The molecule has 2 aromatic rings. The summed E-state index contributed by atoms with van der Waals surface area (Å²) < 4.78 is 46.8. The maximum Gasteiger partial charge on any atom is 0.416 e. The zero-order chi connectivity index (χ0) is 23.8. The first kappa shape index (κ1) is 22.6. The lowest BCUT2D eigenvalue weighted by molar-refractivity contribution is -0.138. The maximum atomic E-state index is 13.8. The van der Waals surface area contributed by atoms with Crippen molar-refractivity contribution >= 4 is 17.8 Å². The van der Waals surface area contributed by atoms with E-state index in [2.05, 4.69) is 4.99 Å². The van der Waals surface area contributed by atoms with Crippen molar-refractivity contribution in [1.82, 2.24) is 4.90 Å². The number of hydrogen-bond acceptors (Lipinski definition) is 3. The summed E-state index contributed by atoms with van der Waals surface area (Å²) in [6.45, 7) is 1.27. The third kappa shape index (κ3) is 4.79. The second-order valence-electron chi connectivity index (χ2n) is 8.13. The van der Waals surface area contributed by atoms with Gasteiger partial charge in [0.25, 0.3) is 11.8 Å². The van der Waals surface area contributed by atoms with Crippen LogP contribution in [0.5, 0.6) is 5.75 Å². The number of nitrogens with two attached hydrogens (primary N) is 2. The zero-order valence-electron chi connectivity index (χ0n) is 17.7. The lowest BCUT2D eigenvalue weighted by Gasteiger charge is -2.33. The van der Waals surface area contributed by atoms with Crippen LogP contribution in [0.15, 0.2) is 41.4 Å². The predicted octanol–water partition coefficient (Wildman–Crippen LogP) is 3.07. The highest BCUT2D eigenvalue weighted by Gasteiger charge is 2.37. The largest absolute Gasteiger partial charge is 0.493 e. The van der Waals surface area contributed by atoms with Gasteiger partial charge < -0.3 is 21.1 Å². The molecule has 33 heavy (non-hydrogen) atoms. The highest BCUT2D eigenvalue weighted by molar-refractivity contribution is 6.02. The van der Waals surface area contributed by atoms with Crippen LogP contribution < -0.4 is 16.2 Å². The molecule has 0 atom stereocenters. The molecule has 1 saturated heterocycles. The molecule has 10 heteroatoms. The van der Waals surface area contributed by atoms with Crippen LogP contribution in [-0.4, -0.2) is 42.4 Å². The van der Waals surface area contributed by atoms with Gasteiger partial charge >= 0.3 is 6.18 Å². The van der Waals surface area contributed by atoms with Crippen LogP contribution in [0.1, 0.15) is 56.2 Å². The smallest absolute Gasteiger partial charge is 0.416 e. The van der Waals surface area contributed by atoms with Crippen LogP contribution in [0, 0.1) is 0 Å². The van der Waals surface area contributed by atoms with Crippen molar-refractivity contribution in [3.8, 4) is 5.75 Å². The fourth-order valence-corrected chi connectivity index (χ4v) is 4.37. The summed E-state index contributed by atoms with van der Waals surface area (Å²) >= 11 is 0. The summed E-state index contributed by atoms with van der Waals surface area (Å²) in [5.41, 5.74) is 10.8. The highest BCUT2D eigenvalue weighted by atomic mass is 19.4. The molecule has 174 valence electrons. The molecule has 0 saturated carbocycles. The standard InChI is InChI=1S/C23H23F3N4O3/c24-23(25,26)18-12-15(20(31)29-22(27)28)1-3-17(18)13-5-8-30(9-6-13)21(32)16-2-4-19-14(11-16)7-10-33-19/h1-4,11-13H,5-10H2,(H4,27,28,29,31). The van der Waals surface area contributed by atoms with Gasteiger partial charge in [-0.1, -0.05) is 6.07 Å². The quantitative estimate of drug-likeness (QED) is 0.540. The molecule has 0 unspecified atom stereocenters. The van der Waals surface area contributed by atoms with E-state index in [0.29, 0.717) is 38.1 Å². The number of piperidine rings is 1. The van der Waals surface area contributed by atoms with Crippen LogP contribution in [0.25, 0.3) is 0 Å². The molecule has 0 radical (unpaired) electrons. The number of halogens is 3. The molecule has 4 rings (SSSR count). The van der Waals surface area contributed by atoms with Gasteiger partial charge in [-0.2, -0.15) is 18.2 Å². The first-order valence-electron chi connectivity index (χ1n) is 10.5. The summed E-state index contributed by atoms with van der Waals surface area (Å²) in [7, 11) is 0. The average molecular weight is 460 g/mol. The van der Waals surface area contributed by atoms with Gasteiger partial charge in [0.15, 0.2) is 5.96 Å². The Kier molecular flexibility index (Phi) is 6.01. The van der Waals surface area contributed by atoms with Gasteiger partial charge in [0.2, 0.25) is 0 Å². The number of carbonyl (C=O) groups excluding carboxylic acids is 2. The molecule has 2 heterocycles. The number of amides is 2. The second kappa shape index (κ2) is 8.76. The number of aliphatic imine (C=N–C) groups is 1. The minimum atomic E-state index is -4.65. The van der Waals surface area contributed by atoms with E-state index in [4.69, 9.17) is 16.2 Å². The van der Waals surface area contributed by atoms with Gasteiger partial charge in [-0.05, 0) is 60.2 Å². The van der Waals surface area contributed by atoms with Crippen molar-refractivity contribution in [3.05, 3.63) is 64.2 Å². The first-order valence-corrected chi connectivity index (χ1v) is 10.5. The molecule has 0 spiro atoms. The van der Waals surface area contributed by atoms with Crippen LogP contribution in [0.4, 0.5) is 13.2 Å². The lowest BCUT2D eigenvalue weighted by atomic mass is 9.85. The Morgan fingerprint density at radius 2 is 1.73 bits per heavy atom. The van der Waals surface area contributed by atoms with Crippen molar-refractivity contribution in [2.24, 2.45) is 16.5 Å².